The number of ether oxygens (including phenoxy) is 1. The van der Waals surface area contributed by atoms with E-state index in [0.29, 0.717) is 13.0 Å². The summed E-state index contributed by atoms with van der Waals surface area (Å²) in [6.45, 7) is 1.55. The Kier molecular flexibility index (Phi) is 5.88. The standard InChI is InChI=1S/C17H22N2O2/c1-21-16-7-4-6-15(14-16)9-10-18-17(20)8-5-13-19-11-2-3-12-19/h2-4,6-7,11-12,14H,5,8-10,13H2,1H3,(H,18,20). The second-order valence-electron chi connectivity index (χ2n) is 4.98. The number of carbonyl (C=O) groups is 1. The third kappa shape index (κ3) is 5.34. The number of nitrogens with one attached hydrogen (secondary N) is 1. The average Bonchev–Trinajstić information content (AvgIpc) is 3.01. The molecule has 0 aliphatic heterocycles. The Balaban J connectivity index is 1.62. The molecule has 4 nitrogen and oxygen atoms in total. The zero-order valence-electron chi connectivity index (χ0n) is 12.4. The van der Waals surface area contributed by atoms with Gasteiger partial charge in [-0.1, -0.05) is 12.1 Å². The fraction of sp³-hybridized carbons (Fsp3) is 0.353. The van der Waals surface area contributed by atoms with Gasteiger partial charge in [-0.2, -0.15) is 0 Å². The highest BCUT2D eigenvalue weighted by Gasteiger charge is 2.02. The highest BCUT2D eigenvalue weighted by Crippen LogP contribution is 2.12. The molecule has 21 heavy (non-hydrogen) atoms. The number of rotatable bonds is 8. The Hall–Kier alpha value is -2.23. The maximum absolute atomic E-state index is 11.7. The lowest BCUT2D eigenvalue weighted by molar-refractivity contribution is -0.121. The van der Waals surface area contributed by atoms with Gasteiger partial charge in [-0.3, -0.25) is 4.79 Å². The van der Waals surface area contributed by atoms with E-state index in [4.69, 9.17) is 4.74 Å². The molecule has 0 fully saturated rings. The van der Waals surface area contributed by atoms with Gasteiger partial charge in [-0.25, -0.2) is 0 Å². The molecule has 0 unspecified atom stereocenters. The number of hydrogen-bond donors (Lipinski definition) is 1. The molecule has 2 rings (SSSR count). The normalized spacial score (nSPS) is 10.3. The molecule has 0 bridgehead atoms. The van der Waals surface area contributed by atoms with E-state index in [1.165, 1.54) is 5.56 Å². The van der Waals surface area contributed by atoms with Crippen LogP contribution in [0.2, 0.25) is 0 Å². The van der Waals surface area contributed by atoms with Gasteiger partial charge < -0.3 is 14.6 Å². The molecule has 1 aromatic carbocycles. The smallest absolute Gasteiger partial charge is 0.220 e. The van der Waals surface area contributed by atoms with Gasteiger partial charge in [0.15, 0.2) is 0 Å². The summed E-state index contributed by atoms with van der Waals surface area (Å²) in [5, 5.41) is 2.96. The Morgan fingerprint density at radius 1 is 1.24 bits per heavy atom. The van der Waals surface area contributed by atoms with Crippen molar-refractivity contribution in [2.75, 3.05) is 13.7 Å². The van der Waals surface area contributed by atoms with E-state index in [0.717, 1.165) is 25.1 Å². The Morgan fingerprint density at radius 3 is 2.81 bits per heavy atom. The van der Waals surface area contributed by atoms with Crippen molar-refractivity contribution < 1.29 is 9.53 Å². The summed E-state index contributed by atoms with van der Waals surface area (Å²) in [6.07, 6.45) is 6.28. The van der Waals surface area contributed by atoms with E-state index >= 15 is 0 Å². The first-order valence-corrected chi connectivity index (χ1v) is 7.28. The molecule has 112 valence electrons. The largest absolute Gasteiger partial charge is 0.497 e. The molecule has 0 radical (unpaired) electrons. The van der Waals surface area contributed by atoms with Gasteiger partial charge in [0, 0.05) is 31.9 Å². The zero-order chi connectivity index (χ0) is 14.9. The molecule has 1 aromatic heterocycles. The van der Waals surface area contributed by atoms with Crippen molar-refractivity contribution in [2.24, 2.45) is 0 Å². The maximum atomic E-state index is 11.7. The maximum Gasteiger partial charge on any atom is 0.220 e. The van der Waals surface area contributed by atoms with Gasteiger partial charge in [-0.15, -0.1) is 0 Å². The van der Waals surface area contributed by atoms with Crippen molar-refractivity contribution in [3.8, 4) is 5.75 Å². The monoisotopic (exact) mass is 286 g/mol. The van der Waals surface area contributed by atoms with E-state index in [1.54, 1.807) is 7.11 Å². The lowest BCUT2D eigenvalue weighted by Gasteiger charge is -2.07. The SMILES string of the molecule is COc1cccc(CCNC(=O)CCCn2cccc2)c1. The molecule has 1 amide bonds. The van der Waals surface area contributed by atoms with Crippen LogP contribution in [0.25, 0.3) is 0 Å². The minimum Gasteiger partial charge on any atom is -0.497 e. The van der Waals surface area contributed by atoms with E-state index in [-0.39, 0.29) is 5.91 Å². The van der Waals surface area contributed by atoms with Crippen LogP contribution in [-0.2, 0) is 17.8 Å². The molecule has 0 saturated heterocycles. The van der Waals surface area contributed by atoms with Crippen LogP contribution in [0.4, 0.5) is 0 Å². The van der Waals surface area contributed by atoms with Crippen molar-refractivity contribution in [3.63, 3.8) is 0 Å². The fourth-order valence-electron chi connectivity index (χ4n) is 2.20. The zero-order valence-corrected chi connectivity index (χ0v) is 12.4. The van der Waals surface area contributed by atoms with Crippen LogP contribution >= 0.6 is 0 Å². The molecule has 2 aromatic rings. The number of benzene rings is 1. The molecule has 0 atom stereocenters. The second-order valence-corrected chi connectivity index (χ2v) is 4.98. The topological polar surface area (TPSA) is 43.3 Å². The molecule has 1 N–H and O–H groups in total. The van der Waals surface area contributed by atoms with Crippen LogP contribution in [0.3, 0.4) is 0 Å². The van der Waals surface area contributed by atoms with Crippen molar-refractivity contribution >= 4 is 5.91 Å². The molecule has 0 aliphatic carbocycles. The van der Waals surface area contributed by atoms with Crippen LogP contribution in [0.5, 0.6) is 5.75 Å². The van der Waals surface area contributed by atoms with Crippen molar-refractivity contribution in [2.45, 2.75) is 25.8 Å². The summed E-state index contributed by atoms with van der Waals surface area (Å²) in [5.74, 6) is 0.968. The second kappa shape index (κ2) is 8.15. The van der Waals surface area contributed by atoms with Crippen LogP contribution in [0.1, 0.15) is 18.4 Å². The Labute approximate surface area is 125 Å². The van der Waals surface area contributed by atoms with Gasteiger partial charge in [0.05, 0.1) is 7.11 Å². The van der Waals surface area contributed by atoms with Gasteiger partial charge in [-0.05, 0) is 42.7 Å². The summed E-state index contributed by atoms with van der Waals surface area (Å²) in [5.41, 5.74) is 1.17. The quantitative estimate of drug-likeness (QED) is 0.810. The van der Waals surface area contributed by atoms with Crippen LogP contribution in [-0.4, -0.2) is 24.1 Å². The molecule has 0 saturated carbocycles. The molecule has 0 spiro atoms. The first-order valence-electron chi connectivity index (χ1n) is 7.28. The summed E-state index contributed by atoms with van der Waals surface area (Å²) < 4.78 is 7.27. The Morgan fingerprint density at radius 2 is 2.05 bits per heavy atom. The third-order valence-electron chi connectivity index (χ3n) is 3.36. The fourth-order valence-corrected chi connectivity index (χ4v) is 2.20. The number of amides is 1. The predicted molar refractivity (Wildman–Crippen MR) is 83.4 cm³/mol. The minimum atomic E-state index is 0.116. The lowest BCUT2D eigenvalue weighted by Crippen LogP contribution is -2.25. The van der Waals surface area contributed by atoms with Gasteiger partial charge in [0.25, 0.3) is 0 Å². The third-order valence-corrected chi connectivity index (χ3v) is 3.36. The van der Waals surface area contributed by atoms with Crippen LogP contribution in [0, 0.1) is 0 Å². The van der Waals surface area contributed by atoms with E-state index in [1.807, 2.05) is 48.8 Å². The van der Waals surface area contributed by atoms with Crippen LogP contribution in [0.15, 0.2) is 48.8 Å². The summed E-state index contributed by atoms with van der Waals surface area (Å²) in [6, 6.07) is 11.9. The molecular weight excluding hydrogens is 264 g/mol. The van der Waals surface area contributed by atoms with E-state index < -0.39 is 0 Å². The molecule has 1 heterocycles. The highest BCUT2D eigenvalue weighted by molar-refractivity contribution is 5.75. The van der Waals surface area contributed by atoms with E-state index in [2.05, 4.69) is 9.88 Å². The molecular formula is C17H22N2O2. The van der Waals surface area contributed by atoms with Gasteiger partial charge in [0.1, 0.15) is 5.75 Å². The lowest BCUT2D eigenvalue weighted by atomic mass is 10.1. The molecule has 0 aliphatic rings. The van der Waals surface area contributed by atoms with Crippen LogP contribution < -0.4 is 10.1 Å². The number of hydrogen-bond acceptors (Lipinski definition) is 2. The minimum absolute atomic E-state index is 0.116. The predicted octanol–water partition coefficient (Wildman–Crippen LogP) is 2.64. The number of aryl methyl sites for hydroxylation is 1. The number of carbonyl (C=O) groups excluding carboxylic acids is 1. The first-order chi connectivity index (χ1) is 10.3. The van der Waals surface area contributed by atoms with Gasteiger partial charge >= 0.3 is 0 Å². The van der Waals surface area contributed by atoms with Crippen molar-refractivity contribution in [3.05, 3.63) is 54.4 Å². The summed E-state index contributed by atoms with van der Waals surface area (Å²) in [4.78, 5) is 11.7. The number of aromatic nitrogens is 1. The van der Waals surface area contributed by atoms with Crippen molar-refractivity contribution in [1.82, 2.24) is 9.88 Å². The molecule has 4 heteroatoms. The van der Waals surface area contributed by atoms with Crippen molar-refractivity contribution in [1.29, 1.82) is 0 Å². The number of nitrogens with zero attached hydrogens (tertiary/aromatic N) is 1. The highest BCUT2D eigenvalue weighted by atomic mass is 16.5. The number of methoxy groups -OCH3 is 1. The summed E-state index contributed by atoms with van der Waals surface area (Å²) in [7, 11) is 1.66. The summed E-state index contributed by atoms with van der Waals surface area (Å²) >= 11 is 0. The first kappa shape index (κ1) is 15.2. The van der Waals surface area contributed by atoms with E-state index in [9.17, 15) is 4.79 Å². The average molecular weight is 286 g/mol. The Bertz CT molecular complexity index is 550. The van der Waals surface area contributed by atoms with Gasteiger partial charge in [0.2, 0.25) is 5.91 Å².